The van der Waals surface area contributed by atoms with Crippen LogP contribution in [0.1, 0.15) is 23.9 Å². The van der Waals surface area contributed by atoms with E-state index in [4.69, 9.17) is 4.42 Å². The van der Waals surface area contributed by atoms with Crippen molar-refractivity contribution in [3.8, 4) is 0 Å². The Morgan fingerprint density at radius 1 is 1.09 bits per heavy atom. The smallest absolute Gasteiger partial charge is 0.374 e. The molecular formula is C20H23N2O+. The molecular weight excluding hydrogens is 284 g/mol. The Bertz CT molecular complexity index is 859. The molecule has 0 radical (unpaired) electrons. The largest absolute Gasteiger partial charge is 0.398 e. The number of aromatic nitrogens is 1. The van der Waals surface area contributed by atoms with E-state index < -0.39 is 0 Å². The first-order chi connectivity index (χ1) is 11.1. The highest BCUT2D eigenvalue weighted by atomic mass is 16.3. The third-order valence-electron chi connectivity index (χ3n) is 4.13. The first kappa shape index (κ1) is 15.3. The molecule has 0 bridgehead atoms. The topological polar surface area (TPSA) is 20.3 Å². The van der Waals surface area contributed by atoms with Crippen molar-refractivity contribution < 1.29 is 8.98 Å². The third-order valence-corrected chi connectivity index (χ3v) is 4.13. The molecule has 0 saturated carbocycles. The van der Waals surface area contributed by atoms with Crippen molar-refractivity contribution in [2.45, 2.75) is 20.4 Å². The van der Waals surface area contributed by atoms with Gasteiger partial charge in [0.05, 0.1) is 6.08 Å². The number of anilines is 1. The second-order valence-corrected chi connectivity index (χ2v) is 5.92. The second-order valence-electron chi connectivity index (χ2n) is 5.92. The molecule has 118 valence electrons. The zero-order valence-electron chi connectivity index (χ0n) is 14.2. The maximum atomic E-state index is 5.98. The molecule has 0 N–H and O–H groups in total. The number of rotatable bonds is 4. The van der Waals surface area contributed by atoms with Crippen LogP contribution in [-0.4, -0.2) is 14.1 Å². The van der Waals surface area contributed by atoms with Crippen LogP contribution in [-0.2, 0) is 6.54 Å². The van der Waals surface area contributed by atoms with Crippen molar-refractivity contribution in [3.05, 3.63) is 59.5 Å². The Balaban J connectivity index is 1.97. The monoisotopic (exact) mass is 307 g/mol. The van der Waals surface area contributed by atoms with Gasteiger partial charge in [-0.05, 0) is 49.2 Å². The van der Waals surface area contributed by atoms with E-state index in [0.717, 1.165) is 23.5 Å². The van der Waals surface area contributed by atoms with Gasteiger partial charge in [0.1, 0.15) is 6.54 Å². The van der Waals surface area contributed by atoms with Gasteiger partial charge >= 0.3 is 5.89 Å². The molecule has 0 unspecified atom stereocenters. The van der Waals surface area contributed by atoms with Crippen LogP contribution in [0.25, 0.3) is 23.3 Å². The van der Waals surface area contributed by atoms with Crippen molar-refractivity contribution in [2.24, 2.45) is 0 Å². The van der Waals surface area contributed by atoms with Gasteiger partial charge in [0, 0.05) is 25.8 Å². The summed E-state index contributed by atoms with van der Waals surface area (Å²) in [5.74, 6) is 0.879. The Kier molecular flexibility index (Phi) is 4.20. The molecule has 2 aromatic carbocycles. The summed E-state index contributed by atoms with van der Waals surface area (Å²) in [6.07, 6.45) is 4.18. The van der Waals surface area contributed by atoms with Crippen LogP contribution in [0.4, 0.5) is 5.69 Å². The Hall–Kier alpha value is -2.55. The van der Waals surface area contributed by atoms with E-state index in [1.807, 2.05) is 18.2 Å². The standard InChI is InChI=1S/C20H23N2O/c1-5-22-18-8-6-7-9-19(18)23-20(22)13-11-16-10-12-17(21(3)4)14-15(16)2/h6-14H,5H2,1-4H3/q+1. The molecule has 23 heavy (non-hydrogen) atoms. The summed E-state index contributed by atoms with van der Waals surface area (Å²) < 4.78 is 8.17. The average Bonchev–Trinajstić information content (AvgIpc) is 2.91. The van der Waals surface area contributed by atoms with Gasteiger partial charge in [0.25, 0.3) is 5.52 Å². The lowest BCUT2D eigenvalue weighted by molar-refractivity contribution is -0.674. The molecule has 0 spiro atoms. The van der Waals surface area contributed by atoms with Crippen molar-refractivity contribution in [3.63, 3.8) is 0 Å². The fourth-order valence-corrected chi connectivity index (χ4v) is 2.79. The van der Waals surface area contributed by atoms with Gasteiger partial charge in [-0.3, -0.25) is 0 Å². The van der Waals surface area contributed by atoms with Crippen LogP contribution in [0.2, 0.25) is 0 Å². The normalized spacial score (nSPS) is 11.5. The summed E-state index contributed by atoms with van der Waals surface area (Å²) in [7, 11) is 4.12. The lowest BCUT2D eigenvalue weighted by atomic mass is 10.1. The van der Waals surface area contributed by atoms with E-state index in [-0.39, 0.29) is 0 Å². The van der Waals surface area contributed by atoms with Crippen LogP contribution >= 0.6 is 0 Å². The van der Waals surface area contributed by atoms with Gasteiger partial charge in [0.15, 0.2) is 0 Å². The molecule has 0 aliphatic rings. The summed E-state index contributed by atoms with van der Waals surface area (Å²) in [6, 6.07) is 14.6. The Labute approximate surface area is 137 Å². The first-order valence-electron chi connectivity index (χ1n) is 7.97. The second kappa shape index (κ2) is 6.29. The van der Waals surface area contributed by atoms with Gasteiger partial charge in [-0.2, -0.15) is 4.57 Å². The van der Waals surface area contributed by atoms with Crippen molar-refractivity contribution in [1.82, 2.24) is 0 Å². The number of aryl methyl sites for hydroxylation is 2. The van der Waals surface area contributed by atoms with Crippen LogP contribution in [0.3, 0.4) is 0 Å². The van der Waals surface area contributed by atoms with E-state index in [2.05, 4.69) is 73.8 Å². The fourth-order valence-electron chi connectivity index (χ4n) is 2.79. The molecule has 1 heterocycles. The molecule has 0 saturated heterocycles. The highest BCUT2D eigenvalue weighted by molar-refractivity contribution is 5.73. The summed E-state index contributed by atoms with van der Waals surface area (Å²) in [5.41, 5.74) is 5.74. The predicted octanol–water partition coefficient (Wildman–Crippen LogP) is 4.29. The number of para-hydroxylation sites is 2. The van der Waals surface area contributed by atoms with Gasteiger partial charge in [0.2, 0.25) is 5.58 Å². The molecule has 3 aromatic rings. The molecule has 1 aromatic heterocycles. The molecule has 0 fully saturated rings. The quantitative estimate of drug-likeness (QED) is 0.670. The lowest BCUT2D eigenvalue weighted by Crippen LogP contribution is -2.33. The van der Waals surface area contributed by atoms with Gasteiger partial charge in [-0.25, -0.2) is 0 Å². The number of hydrogen-bond acceptors (Lipinski definition) is 2. The summed E-state index contributed by atoms with van der Waals surface area (Å²) in [4.78, 5) is 2.12. The summed E-state index contributed by atoms with van der Waals surface area (Å²) in [5, 5.41) is 0. The van der Waals surface area contributed by atoms with Gasteiger partial charge in [-0.15, -0.1) is 0 Å². The first-order valence-corrected chi connectivity index (χ1v) is 7.97. The minimum absolute atomic E-state index is 0.879. The molecule has 0 amide bonds. The molecule has 0 aliphatic heterocycles. The summed E-state index contributed by atoms with van der Waals surface area (Å²) in [6.45, 7) is 5.16. The van der Waals surface area contributed by atoms with Crippen LogP contribution < -0.4 is 9.47 Å². The highest BCUT2D eigenvalue weighted by Gasteiger charge is 2.17. The zero-order chi connectivity index (χ0) is 16.4. The lowest BCUT2D eigenvalue weighted by Gasteiger charge is -2.13. The number of benzene rings is 2. The molecule has 3 heteroatoms. The van der Waals surface area contributed by atoms with E-state index in [1.165, 1.54) is 16.8 Å². The molecule has 3 nitrogen and oxygen atoms in total. The van der Waals surface area contributed by atoms with Gasteiger partial charge in [-0.1, -0.05) is 18.2 Å². The predicted molar refractivity (Wildman–Crippen MR) is 96.5 cm³/mol. The number of fused-ring (bicyclic) bond motifs is 1. The highest BCUT2D eigenvalue weighted by Crippen LogP contribution is 2.20. The maximum Gasteiger partial charge on any atom is 0.374 e. The van der Waals surface area contributed by atoms with Crippen LogP contribution in [0, 0.1) is 6.92 Å². The number of hydrogen-bond donors (Lipinski definition) is 0. The van der Waals surface area contributed by atoms with Crippen molar-refractivity contribution in [1.29, 1.82) is 0 Å². The average molecular weight is 307 g/mol. The van der Waals surface area contributed by atoms with E-state index >= 15 is 0 Å². The molecule has 0 aliphatic carbocycles. The maximum absolute atomic E-state index is 5.98. The van der Waals surface area contributed by atoms with Crippen LogP contribution in [0.5, 0.6) is 0 Å². The number of oxazole rings is 1. The molecule has 0 atom stereocenters. The van der Waals surface area contributed by atoms with E-state index in [0.29, 0.717) is 0 Å². The molecule has 3 rings (SSSR count). The van der Waals surface area contributed by atoms with Crippen LogP contribution in [0.15, 0.2) is 46.9 Å². The van der Waals surface area contributed by atoms with Gasteiger partial charge < -0.3 is 9.32 Å². The van der Waals surface area contributed by atoms with Crippen molar-refractivity contribution >= 4 is 28.9 Å². The fraction of sp³-hybridized carbons (Fsp3) is 0.250. The van der Waals surface area contributed by atoms with E-state index in [9.17, 15) is 0 Å². The minimum Gasteiger partial charge on any atom is -0.398 e. The minimum atomic E-state index is 0.879. The SMILES string of the molecule is CC[n+]1c(/C=C/c2ccc(N(C)C)cc2C)oc2ccccc21. The third kappa shape index (κ3) is 3.00. The summed E-state index contributed by atoms with van der Waals surface area (Å²) >= 11 is 0. The Morgan fingerprint density at radius 2 is 1.87 bits per heavy atom. The Morgan fingerprint density at radius 3 is 2.57 bits per heavy atom. The van der Waals surface area contributed by atoms with Crippen molar-refractivity contribution in [2.75, 3.05) is 19.0 Å². The number of nitrogens with zero attached hydrogens (tertiary/aromatic N) is 2. The zero-order valence-corrected chi connectivity index (χ0v) is 14.2. The van der Waals surface area contributed by atoms with E-state index in [1.54, 1.807) is 0 Å².